The van der Waals surface area contributed by atoms with E-state index in [4.69, 9.17) is 0 Å². The van der Waals surface area contributed by atoms with E-state index in [0.29, 0.717) is 6.04 Å². The lowest BCUT2D eigenvalue weighted by atomic mass is 10.1. The van der Waals surface area contributed by atoms with Crippen molar-refractivity contribution in [3.8, 4) is 0 Å². The van der Waals surface area contributed by atoms with E-state index < -0.39 is 0 Å². The molecule has 2 N–H and O–H groups in total. The molecule has 22 heavy (non-hydrogen) atoms. The highest BCUT2D eigenvalue weighted by molar-refractivity contribution is 5.94. The predicted octanol–water partition coefficient (Wildman–Crippen LogP) is 2.40. The zero-order valence-electron chi connectivity index (χ0n) is 14.1. The minimum atomic E-state index is 0.0384. The van der Waals surface area contributed by atoms with Gasteiger partial charge in [0.25, 0.3) is 5.91 Å². The van der Waals surface area contributed by atoms with Crippen LogP contribution in [0.5, 0.6) is 0 Å². The number of hydrogen-bond donors (Lipinski definition) is 2. The third-order valence-corrected chi connectivity index (χ3v) is 4.37. The molecule has 4 heteroatoms. The minimum Gasteiger partial charge on any atom is -0.348 e. The summed E-state index contributed by atoms with van der Waals surface area (Å²) in [5.74, 6) is 0.0384. The highest BCUT2D eigenvalue weighted by Crippen LogP contribution is 2.11. The lowest BCUT2D eigenvalue weighted by Gasteiger charge is -2.25. The van der Waals surface area contributed by atoms with Crippen LogP contribution in [-0.2, 0) is 6.54 Å². The van der Waals surface area contributed by atoms with Crippen LogP contribution in [0.3, 0.4) is 0 Å². The Labute approximate surface area is 134 Å². The molecule has 1 fully saturated rings. The van der Waals surface area contributed by atoms with Crippen LogP contribution in [0.2, 0.25) is 0 Å². The number of carbonyl (C=O) groups is 1. The quantitative estimate of drug-likeness (QED) is 0.848. The van der Waals surface area contributed by atoms with Gasteiger partial charge in [0, 0.05) is 30.7 Å². The Morgan fingerprint density at radius 2 is 2.09 bits per heavy atom. The highest BCUT2D eigenvalue weighted by Gasteiger charge is 2.16. The molecule has 1 aliphatic heterocycles. The molecular weight excluding hydrogens is 274 g/mol. The Bertz CT molecular complexity index is 464. The molecule has 0 aliphatic carbocycles. The predicted molar refractivity (Wildman–Crippen MR) is 91.0 cm³/mol. The Hall–Kier alpha value is -1.39. The Balaban J connectivity index is 1.91. The van der Waals surface area contributed by atoms with Gasteiger partial charge in [0.15, 0.2) is 0 Å². The molecule has 0 spiro atoms. The molecule has 1 aromatic carbocycles. The number of rotatable bonds is 6. The number of benzene rings is 1. The van der Waals surface area contributed by atoms with Crippen LogP contribution >= 0.6 is 0 Å². The monoisotopic (exact) mass is 303 g/mol. The standard InChI is InChI=1S/C18H29N3O/c1-4-21(14(2)3)13-15-7-9-16(10-8-15)18(22)20-17-6-5-11-19-12-17/h7-10,14,17,19H,4-6,11-13H2,1-3H3,(H,20,22)/t17-/m0/s1. The van der Waals surface area contributed by atoms with Gasteiger partial charge >= 0.3 is 0 Å². The normalized spacial score (nSPS) is 18.7. The fourth-order valence-electron chi connectivity index (χ4n) is 2.90. The molecule has 1 heterocycles. The minimum absolute atomic E-state index is 0.0384. The zero-order valence-corrected chi connectivity index (χ0v) is 14.1. The van der Waals surface area contributed by atoms with Crippen LogP contribution < -0.4 is 10.6 Å². The van der Waals surface area contributed by atoms with Crippen molar-refractivity contribution >= 4 is 5.91 Å². The average Bonchev–Trinajstić information content (AvgIpc) is 2.53. The maximum atomic E-state index is 12.3. The number of nitrogens with one attached hydrogen (secondary N) is 2. The number of hydrogen-bond acceptors (Lipinski definition) is 3. The van der Waals surface area contributed by atoms with E-state index in [0.717, 1.165) is 44.6 Å². The summed E-state index contributed by atoms with van der Waals surface area (Å²) in [6.45, 7) is 10.5. The first-order chi connectivity index (χ1) is 10.6. The molecule has 0 saturated carbocycles. The molecule has 0 radical (unpaired) electrons. The molecule has 1 saturated heterocycles. The summed E-state index contributed by atoms with van der Waals surface area (Å²) in [6, 6.07) is 8.81. The van der Waals surface area contributed by atoms with Crippen molar-refractivity contribution in [1.29, 1.82) is 0 Å². The van der Waals surface area contributed by atoms with E-state index in [1.54, 1.807) is 0 Å². The topological polar surface area (TPSA) is 44.4 Å². The molecule has 0 unspecified atom stereocenters. The van der Waals surface area contributed by atoms with Gasteiger partial charge < -0.3 is 10.6 Å². The highest BCUT2D eigenvalue weighted by atomic mass is 16.1. The molecule has 1 aliphatic rings. The largest absolute Gasteiger partial charge is 0.348 e. The van der Waals surface area contributed by atoms with Crippen LogP contribution in [0.25, 0.3) is 0 Å². The second kappa shape index (κ2) is 8.30. The summed E-state index contributed by atoms with van der Waals surface area (Å²) >= 11 is 0. The summed E-state index contributed by atoms with van der Waals surface area (Å²) in [4.78, 5) is 14.7. The summed E-state index contributed by atoms with van der Waals surface area (Å²) in [5, 5.41) is 6.43. The lowest BCUT2D eigenvalue weighted by molar-refractivity contribution is 0.0930. The zero-order chi connectivity index (χ0) is 15.9. The summed E-state index contributed by atoms with van der Waals surface area (Å²) < 4.78 is 0. The van der Waals surface area contributed by atoms with Crippen molar-refractivity contribution < 1.29 is 4.79 Å². The summed E-state index contributed by atoms with van der Waals surface area (Å²) in [7, 11) is 0. The Kier molecular flexibility index (Phi) is 6.40. The molecule has 1 atom stereocenters. The van der Waals surface area contributed by atoms with Gasteiger partial charge in [-0.05, 0) is 57.5 Å². The molecular formula is C18H29N3O. The number of carbonyl (C=O) groups excluding carboxylic acids is 1. The van der Waals surface area contributed by atoms with Crippen LogP contribution in [0.15, 0.2) is 24.3 Å². The molecule has 2 rings (SSSR count). The SMILES string of the molecule is CCN(Cc1ccc(C(=O)N[C@H]2CCCNC2)cc1)C(C)C. The van der Waals surface area contributed by atoms with Gasteiger partial charge in [0.2, 0.25) is 0 Å². The van der Waals surface area contributed by atoms with Crippen LogP contribution in [0.1, 0.15) is 49.5 Å². The van der Waals surface area contributed by atoms with Crippen molar-refractivity contribution in [2.45, 2.75) is 52.2 Å². The smallest absolute Gasteiger partial charge is 0.251 e. The molecule has 1 aromatic rings. The summed E-state index contributed by atoms with van der Waals surface area (Å²) in [5.41, 5.74) is 2.01. The van der Waals surface area contributed by atoms with E-state index in [-0.39, 0.29) is 11.9 Å². The van der Waals surface area contributed by atoms with Gasteiger partial charge in [-0.3, -0.25) is 9.69 Å². The first-order valence-corrected chi connectivity index (χ1v) is 8.44. The van der Waals surface area contributed by atoms with E-state index >= 15 is 0 Å². The first-order valence-electron chi connectivity index (χ1n) is 8.44. The number of piperidine rings is 1. The average molecular weight is 303 g/mol. The first kappa shape index (κ1) is 17.0. The fourth-order valence-corrected chi connectivity index (χ4v) is 2.90. The van der Waals surface area contributed by atoms with Crippen molar-refractivity contribution in [3.05, 3.63) is 35.4 Å². The van der Waals surface area contributed by atoms with Gasteiger partial charge in [0.05, 0.1) is 0 Å². The molecule has 1 amide bonds. The van der Waals surface area contributed by atoms with Crippen molar-refractivity contribution in [1.82, 2.24) is 15.5 Å². The van der Waals surface area contributed by atoms with Crippen molar-refractivity contribution in [2.75, 3.05) is 19.6 Å². The van der Waals surface area contributed by atoms with Gasteiger partial charge in [0.1, 0.15) is 0 Å². The van der Waals surface area contributed by atoms with Gasteiger partial charge in [-0.2, -0.15) is 0 Å². The van der Waals surface area contributed by atoms with Crippen LogP contribution in [-0.4, -0.2) is 42.5 Å². The van der Waals surface area contributed by atoms with E-state index in [2.05, 4.69) is 48.4 Å². The Morgan fingerprint density at radius 3 is 2.64 bits per heavy atom. The Morgan fingerprint density at radius 1 is 1.36 bits per heavy atom. The van der Waals surface area contributed by atoms with Crippen molar-refractivity contribution in [3.63, 3.8) is 0 Å². The number of amides is 1. The molecule has 122 valence electrons. The lowest BCUT2D eigenvalue weighted by Crippen LogP contribution is -2.45. The van der Waals surface area contributed by atoms with Gasteiger partial charge in [-0.15, -0.1) is 0 Å². The molecule has 0 aromatic heterocycles. The van der Waals surface area contributed by atoms with Crippen LogP contribution in [0, 0.1) is 0 Å². The fraction of sp³-hybridized carbons (Fsp3) is 0.611. The van der Waals surface area contributed by atoms with E-state index in [1.165, 1.54) is 5.56 Å². The summed E-state index contributed by atoms with van der Waals surface area (Å²) in [6.07, 6.45) is 2.20. The molecule has 4 nitrogen and oxygen atoms in total. The van der Waals surface area contributed by atoms with E-state index in [9.17, 15) is 4.79 Å². The molecule has 0 bridgehead atoms. The van der Waals surface area contributed by atoms with Gasteiger partial charge in [-0.25, -0.2) is 0 Å². The van der Waals surface area contributed by atoms with Crippen molar-refractivity contribution in [2.24, 2.45) is 0 Å². The third-order valence-electron chi connectivity index (χ3n) is 4.37. The van der Waals surface area contributed by atoms with E-state index in [1.807, 2.05) is 12.1 Å². The third kappa shape index (κ3) is 4.82. The van der Waals surface area contributed by atoms with Gasteiger partial charge in [-0.1, -0.05) is 19.1 Å². The maximum Gasteiger partial charge on any atom is 0.251 e. The number of nitrogens with zero attached hydrogens (tertiary/aromatic N) is 1. The second-order valence-corrected chi connectivity index (χ2v) is 6.37. The van der Waals surface area contributed by atoms with Crippen LogP contribution in [0.4, 0.5) is 0 Å². The second-order valence-electron chi connectivity index (χ2n) is 6.37. The maximum absolute atomic E-state index is 12.3.